The molecule has 0 amide bonds. The third kappa shape index (κ3) is 3.37. The van der Waals surface area contributed by atoms with E-state index in [9.17, 15) is 14.9 Å². The third-order valence-electron chi connectivity index (χ3n) is 4.08. The Kier molecular flexibility index (Phi) is 4.62. The van der Waals surface area contributed by atoms with Gasteiger partial charge in [-0.05, 0) is 40.2 Å². The van der Waals surface area contributed by atoms with E-state index in [1.54, 1.807) is 24.3 Å². The van der Waals surface area contributed by atoms with Crippen molar-refractivity contribution < 1.29 is 19.0 Å². The number of carbonyl (C=O) groups excluding carboxylic acids is 1. The van der Waals surface area contributed by atoms with Crippen molar-refractivity contribution in [1.29, 1.82) is 0 Å². The molecule has 1 aliphatic heterocycles. The number of benzene rings is 2. The van der Waals surface area contributed by atoms with Crippen LogP contribution in [0.4, 0.5) is 5.69 Å². The van der Waals surface area contributed by atoms with E-state index in [0.29, 0.717) is 27.3 Å². The Balaban J connectivity index is 1.67. The van der Waals surface area contributed by atoms with Gasteiger partial charge >= 0.3 is 5.97 Å². The van der Waals surface area contributed by atoms with E-state index in [4.69, 9.17) is 9.25 Å². The van der Waals surface area contributed by atoms with Crippen LogP contribution in [0.15, 0.2) is 80.3 Å². The summed E-state index contributed by atoms with van der Waals surface area (Å²) in [6, 6.07) is 17.0. The molecule has 0 bridgehead atoms. The SMILES string of the molecule is O=C1ON=C(c2ccccc2)C1=Cc1ccc(-c2ccc([N+](=O)[O-])cc2Br)o1. The number of hydrogen-bond donors (Lipinski definition) is 0. The highest BCUT2D eigenvalue weighted by atomic mass is 79.9. The van der Waals surface area contributed by atoms with Gasteiger partial charge in [-0.15, -0.1) is 0 Å². The normalized spacial score (nSPS) is 14.8. The zero-order valence-corrected chi connectivity index (χ0v) is 15.8. The molecule has 3 aromatic rings. The van der Waals surface area contributed by atoms with E-state index in [-0.39, 0.29) is 11.3 Å². The largest absolute Gasteiger partial charge is 0.457 e. The fourth-order valence-corrected chi connectivity index (χ4v) is 3.31. The molecule has 0 fully saturated rings. The predicted octanol–water partition coefficient (Wildman–Crippen LogP) is 4.96. The van der Waals surface area contributed by atoms with Crippen molar-refractivity contribution in [3.8, 4) is 11.3 Å². The highest BCUT2D eigenvalue weighted by molar-refractivity contribution is 9.10. The molecule has 2 heterocycles. The van der Waals surface area contributed by atoms with E-state index in [0.717, 1.165) is 5.56 Å². The molecule has 138 valence electrons. The van der Waals surface area contributed by atoms with Gasteiger partial charge in [-0.2, -0.15) is 0 Å². The number of halogens is 1. The minimum absolute atomic E-state index is 0.0260. The molecule has 4 rings (SSSR count). The Morgan fingerprint density at radius 1 is 1.07 bits per heavy atom. The molecule has 0 saturated heterocycles. The van der Waals surface area contributed by atoms with Gasteiger partial charge in [0.1, 0.15) is 17.2 Å². The lowest BCUT2D eigenvalue weighted by Crippen LogP contribution is -2.06. The lowest BCUT2D eigenvalue weighted by molar-refractivity contribution is -0.384. The van der Waals surface area contributed by atoms with Crippen molar-refractivity contribution >= 4 is 39.4 Å². The van der Waals surface area contributed by atoms with Crippen LogP contribution in [0, 0.1) is 10.1 Å². The number of non-ortho nitro benzene ring substituents is 1. The Labute approximate surface area is 167 Å². The minimum Gasteiger partial charge on any atom is -0.457 e. The number of furan rings is 1. The van der Waals surface area contributed by atoms with E-state index in [1.165, 1.54) is 12.1 Å². The number of rotatable bonds is 4. The number of nitrogens with zero attached hydrogens (tertiary/aromatic N) is 2. The third-order valence-corrected chi connectivity index (χ3v) is 4.74. The van der Waals surface area contributed by atoms with Gasteiger partial charge in [0.15, 0.2) is 0 Å². The summed E-state index contributed by atoms with van der Waals surface area (Å²) >= 11 is 3.33. The van der Waals surface area contributed by atoms with Crippen molar-refractivity contribution in [2.75, 3.05) is 0 Å². The summed E-state index contributed by atoms with van der Waals surface area (Å²) in [6.45, 7) is 0. The summed E-state index contributed by atoms with van der Waals surface area (Å²) in [5, 5.41) is 14.7. The van der Waals surface area contributed by atoms with Crippen LogP contribution in [0.2, 0.25) is 0 Å². The first kappa shape index (κ1) is 17.9. The van der Waals surface area contributed by atoms with E-state index in [1.807, 2.05) is 30.3 Å². The van der Waals surface area contributed by atoms with Gasteiger partial charge in [-0.25, -0.2) is 4.79 Å². The maximum atomic E-state index is 12.1. The predicted molar refractivity (Wildman–Crippen MR) is 106 cm³/mol. The smallest absolute Gasteiger partial charge is 0.368 e. The number of hydrogen-bond acceptors (Lipinski definition) is 6. The quantitative estimate of drug-likeness (QED) is 0.248. The average molecular weight is 439 g/mol. The lowest BCUT2D eigenvalue weighted by atomic mass is 10.0. The first-order valence-corrected chi connectivity index (χ1v) is 8.93. The van der Waals surface area contributed by atoms with Gasteiger partial charge in [0.25, 0.3) is 5.69 Å². The molecule has 0 saturated carbocycles. The molecule has 28 heavy (non-hydrogen) atoms. The van der Waals surface area contributed by atoms with Gasteiger partial charge in [-0.1, -0.05) is 35.5 Å². The van der Waals surface area contributed by atoms with Crippen molar-refractivity contribution in [1.82, 2.24) is 0 Å². The van der Waals surface area contributed by atoms with E-state index in [2.05, 4.69) is 21.1 Å². The number of nitro benzene ring substituents is 1. The molecule has 7 nitrogen and oxygen atoms in total. The fourth-order valence-electron chi connectivity index (χ4n) is 2.75. The lowest BCUT2D eigenvalue weighted by Gasteiger charge is -2.01. The standard InChI is InChI=1S/C20H11BrN2O5/c21-17-10-13(23(25)26)6-8-15(17)18-9-7-14(27-18)11-16-19(22-28-20(16)24)12-4-2-1-3-5-12/h1-11H. The summed E-state index contributed by atoms with van der Waals surface area (Å²) < 4.78 is 6.34. The molecule has 0 spiro atoms. The highest BCUT2D eigenvalue weighted by Gasteiger charge is 2.27. The molecule has 0 atom stereocenters. The Morgan fingerprint density at radius 3 is 2.57 bits per heavy atom. The van der Waals surface area contributed by atoms with Gasteiger partial charge in [0.2, 0.25) is 0 Å². The van der Waals surface area contributed by atoms with E-state index < -0.39 is 10.9 Å². The summed E-state index contributed by atoms with van der Waals surface area (Å²) in [5.74, 6) is 0.365. The molecule has 8 heteroatoms. The molecule has 2 aromatic carbocycles. The second-order valence-corrected chi connectivity index (χ2v) is 6.72. The van der Waals surface area contributed by atoms with Crippen molar-refractivity contribution in [2.45, 2.75) is 0 Å². The van der Waals surface area contributed by atoms with Crippen LogP contribution in [-0.4, -0.2) is 16.6 Å². The van der Waals surface area contributed by atoms with Crippen LogP contribution in [0.25, 0.3) is 17.4 Å². The van der Waals surface area contributed by atoms with Crippen LogP contribution in [0.1, 0.15) is 11.3 Å². The van der Waals surface area contributed by atoms with Crippen LogP contribution < -0.4 is 0 Å². The van der Waals surface area contributed by atoms with Crippen molar-refractivity contribution in [3.05, 3.63) is 92.1 Å². The summed E-state index contributed by atoms with van der Waals surface area (Å²) in [4.78, 5) is 27.3. The van der Waals surface area contributed by atoms with Crippen LogP contribution in [0.3, 0.4) is 0 Å². The van der Waals surface area contributed by atoms with Crippen LogP contribution >= 0.6 is 15.9 Å². The molecule has 1 aromatic heterocycles. The monoisotopic (exact) mass is 438 g/mol. The maximum Gasteiger partial charge on any atom is 0.368 e. The van der Waals surface area contributed by atoms with Gasteiger partial charge in [0.05, 0.1) is 10.5 Å². The van der Waals surface area contributed by atoms with Gasteiger partial charge < -0.3 is 9.25 Å². The Hall–Kier alpha value is -3.52. The zero-order chi connectivity index (χ0) is 19.7. The van der Waals surface area contributed by atoms with E-state index >= 15 is 0 Å². The Bertz CT molecular complexity index is 1150. The first-order valence-electron chi connectivity index (χ1n) is 8.14. The molecular formula is C20H11BrN2O5. The van der Waals surface area contributed by atoms with Gasteiger partial charge in [-0.3, -0.25) is 10.1 Å². The first-order chi connectivity index (χ1) is 13.5. The van der Waals surface area contributed by atoms with Gasteiger partial charge in [0, 0.05) is 27.7 Å². The highest BCUT2D eigenvalue weighted by Crippen LogP contribution is 2.33. The maximum absolute atomic E-state index is 12.1. The summed E-state index contributed by atoms with van der Waals surface area (Å²) in [7, 11) is 0. The molecular weight excluding hydrogens is 428 g/mol. The summed E-state index contributed by atoms with van der Waals surface area (Å²) in [5.41, 5.74) is 2.10. The van der Waals surface area contributed by atoms with Crippen molar-refractivity contribution in [2.24, 2.45) is 5.16 Å². The zero-order valence-electron chi connectivity index (χ0n) is 14.2. The number of oxime groups is 1. The minimum atomic E-state index is -0.562. The Morgan fingerprint density at radius 2 is 1.86 bits per heavy atom. The molecule has 0 N–H and O–H groups in total. The van der Waals surface area contributed by atoms with Crippen LogP contribution in [-0.2, 0) is 9.63 Å². The van der Waals surface area contributed by atoms with Crippen molar-refractivity contribution in [3.63, 3.8) is 0 Å². The fraction of sp³-hybridized carbons (Fsp3) is 0. The second kappa shape index (κ2) is 7.24. The summed E-state index contributed by atoms with van der Waals surface area (Å²) in [6.07, 6.45) is 1.56. The molecule has 0 unspecified atom stereocenters. The molecule has 0 aliphatic carbocycles. The number of nitro groups is 1. The topological polar surface area (TPSA) is 94.9 Å². The number of carbonyl (C=O) groups is 1. The molecule has 1 aliphatic rings. The van der Waals surface area contributed by atoms with Crippen LogP contribution in [0.5, 0.6) is 0 Å². The molecule has 0 radical (unpaired) electrons. The average Bonchev–Trinajstić information content (AvgIpc) is 3.30. The second-order valence-electron chi connectivity index (χ2n) is 5.87.